The van der Waals surface area contributed by atoms with Crippen LogP contribution in [0, 0.1) is 6.92 Å². The smallest absolute Gasteiger partial charge is 0.315 e. The van der Waals surface area contributed by atoms with Crippen LogP contribution in [0.15, 0.2) is 4.52 Å². The normalized spacial score (nSPS) is 22.5. The predicted octanol–water partition coefficient (Wildman–Crippen LogP) is 1.89. The number of nitrogens with one attached hydrogen (secondary N) is 2. The van der Waals surface area contributed by atoms with Crippen LogP contribution in [-0.2, 0) is 6.42 Å². The van der Waals surface area contributed by atoms with Crippen molar-refractivity contribution in [3.05, 3.63) is 11.7 Å². The summed E-state index contributed by atoms with van der Waals surface area (Å²) >= 11 is 1.84. The van der Waals surface area contributed by atoms with Crippen molar-refractivity contribution >= 4 is 17.8 Å². The lowest BCUT2D eigenvalue weighted by Gasteiger charge is -2.30. The average molecular weight is 298 g/mol. The molecule has 0 unspecified atom stereocenters. The Morgan fingerprint density at radius 2 is 2.25 bits per heavy atom. The van der Waals surface area contributed by atoms with Gasteiger partial charge < -0.3 is 15.2 Å². The number of nitrogens with zero attached hydrogens (tertiary/aromatic N) is 2. The Hall–Kier alpha value is -1.24. The molecule has 2 rings (SSSR count). The van der Waals surface area contributed by atoms with Crippen LogP contribution >= 0.6 is 11.8 Å². The number of rotatable bonds is 5. The molecule has 20 heavy (non-hydrogen) atoms. The van der Waals surface area contributed by atoms with E-state index in [0.717, 1.165) is 6.42 Å². The summed E-state index contributed by atoms with van der Waals surface area (Å²) in [5.74, 6) is 1.18. The Balaban J connectivity index is 1.69. The number of amides is 2. The van der Waals surface area contributed by atoms with E-state index in [4.69, 9.17) is 4.52 Å². The molecule has 1 fully saturated rings. The standard InChI is InChI=1S/C13H22N4O2S/c1-9-15-12(19-17-9)7-8-14-13(18)16-10-5-3-4-6-11(10)20-2/h10-11H,3-8H2,1-2H3,(H2,14,16,18)/t10-,11+/m1/s1. The first kappa shape index (κ1) is 15.2. The molecular weight excluding hydrogens is 276 g/mol. The molecule has 2 atom stereocenters. The van der Waals surface area contributed by atoms with Crippen LogP contribution in [0.2, 0.25) is 0 Å². The van der Waals surface area contributed by atoms with Crippen molar-refractivity contribution in [3.8, 4) is 0 Å². The molecule has 1 aromatic heterocycles. The molecule has 1 heterocycles. The summed E-state index contributed by atoms with van der Waals surface area (Å²) in [6, 6.07) is 0.177. The highest BCUT2D eigenvalue weighted by molar-refractivity contribution is 7.99. The molecule has 1 aromatic rings. The first-order valence-corrected chi connectivity index (χ1v) is 8.34. The minimum absolute atomic E-state index is 0.104. The zero-order valence-electron chi connectivity index (χ0n) is 12.0. The number of carbonyl (C=O) groups excluding carboxylic acids is 1. The molecule has 0 saturated heterocycles. The maximum atomic E-state index is 11.9. The van der Waals surface area contributed by atoms with Crippen LogP contribution in [0.1, 0.15) is 37.4 Å². The zero-order chi connectivity index (χ0) is 14.4. The molecule has 1 aliphatic carbocycles. The number of thioether (sulfide) groups is 1. The number of hydrogen-bond donors (Lipinski definition) is 2. The molecule has 1 aliphatic rings. The van der Waals surface area contributed by atoms with Crippen molar-refractivity contribution in [3.63, 3.8) is 0 Å². The number of aromatic nitrogens is 2. The molecule has 112 valence electrons. The van der Waals surface area contributed by atoms with Gasteiger partial charge >= 0.3 is 6.03 Å². The second kappa shape index (κ2) is 7.52. The predicted molar refractivity (Wildman–Crippen MR) is 78.8 cm³/mol. The topological polar surface area (TPSA) is 80.0 Å². The molecule has 1 saturated carbocycles. The van der Waals surface area contributed by atoms with E-state index in [9.17, 15) is 4.79 Å². The van der Waals surface area contributed by atoms with E-state index < -0.39 is 0 Å². The maximum Gasteiger partial charge on any atom is 0.315 e. The van der Waals surface area contributed by atoms with Gasteiger partial charge in [-0.1, -0.05) is 18.0 Å². The molecule has 0 bridgehead atoms. The van der Waals surface area contributed by atoms with Crippen LogP contribution in [0.3, 0.4) is 0 Å². The first-order valence-electron chi connectivity index (χ1n) is 7.05. The summed E-state index contributed by atoms with van der Waals surface area (Å²) in [5.41, 5.74) is 0. The molecule has 0 aliphatic heterocycles. The van der Waals surface area contributed by atoms with E-state index in [2.05, 4.69) is 27.0 Å². The van der Waals surface area contributed by atoms with Crippen molar-refractivity contribution in [1.29, 1.82) is 0 Å². The molecule has 2 N–H and O–H groups in total. The quantitative estimate of drug-likeness (QED) is 0.868. The maximum absolute atomic E-state index is 11.9. The van der Waals surface area contributed by atoms with Crippen LogP contribution in [0.4, 0.5) is 4.79 Å². The fourth-order valence-electron chi connectivity index (χ4n) is 2.49. The SMILES string of the molecule is CS[C@H]1CCCC[C@H]1NC(=O)NCCc1nc(C)no1. The van der Waals surface area contributed by atoms with E-state index in [-0.39, 0.29) is 12.1 Å². The van der Waals surface area contributed by atoms with Gasteiger partial charge in [-0.15, -0.1) is 0 Å². The highest BCUT2D eigenvalue weighted by atomic mass is 32.2. The van der Waals surface area contributed by atoms with Gasteiger partial charge in [0.05, 0.1) is 0 Å². The highest BCUT2D eigenvalue weighted by Crippen LogP contribution is 2.26. The Kier molecular flexibility index (Phi) is 5.70. The first-order chi connectivity index (χ1) is 9.69. The molecular formula is C13H22N4O2S. The van der Waals surface area contributed by atoms with Gasteiger partial charge in [0, 0.05) is 24.3 Å². The van der Waals surface area contributed by atoms with Crippen LogP contribution in [-0.4, -0.2) is 40.3 Å². The fraction of sp³-hybridized carbons (Fsp3) is 0.769. The second-order valence-corrected chi connectivity index (χ2v) is 6.13. The van der Waals surface area contributed by atoms with Gasteiger partial charge in [0.15, 0.2) is 5.82 Å². The van der Waals surface area contributed by atoms with Crippen LogP contribution in [0.5, 0.6) is 0 Å². The lowest BCUT2D eigenvalue weighted by Crippen LogP contribution is -2.48. The zero-order valence-corrected chi connectivity index (χ0v) is 12.8. The molecule has 0 radical (unpaired) electrons. The van der Waals surface area contributed by atoms with Crippen LogP contribution in [0.25, 0.3) is 0 Å². The Bertz CT molecular complexity index is 438. The van der Waals surface area contributed by atoms with Gasteiger partial charge in [-0.25, -0.2) is 4.79 Å². The lowest BCUT2D eigenvalue weighted by molar-refractivity contribution is 0.233. The van der Waals surface area contributed by atoms with Gasteiger partial charge in [-0.2, -0.15) is 16.7 Å². The minimum atomic E-state index is -0.104. The molecule has 6 nitrogen and oxygen atoms in total. The number of aryl methyl sites for hydroxylation is 1. The van der Waals surface area contributed by atoms with Gasteiger partial charge in [0.25, 0.3) is 0 Å². The van der Waals surface area contributed by atoms with Gasteiger partial charge in [0.2, 0.25) is 5.89 Å². The summed E-state index contributed by atoms with van der Waals surface area (Å²) in [4.78, 5) is 16.0. The van der Waals surface area contributed by atoms with E-state index in [0.29, 0.717) is 29.9 Å². The van der Waals surface area contributed by atoms with Gasteiger partial charge in [-0.05, 0) is 26.0 Å². The Morgan fingerprint density at radius 3 is 2.95 bits per heavy atom. The summed E-state index contributed by atoms with van der Waals surface area (Å²) in [5, 5.41) is 10.2. The van der Waals surface area contributed by atoms with Gasteiger partial charge in [0.1, 0.15) is 0 Å². The van der Waals surface area contributed by atoms with E-state index in [1.807, 2.05) is 11.8 Å². The average Bonchev–Trinajstić information content (AvgIpc) is 2.85. The monoisotopic (exact) mass is 298 g/mol. The summed E-state index contributed by atoms with van der Waals surface area (Å²) in [7, 11) is 0. The highest BCUT2D eigenvalue weighted by Gasteiger charge is 2.25. The van der Waals surface area contributed by atoms with Crippen molar-refractivity contribution in [2.75, 3.05) is 12.8 Å². The third-order valence-electron chi connectivity index (χ3n) is 3.52. The van der Waals surface area contributed by atoms with Crippen molar-refractivity contribution in [2.45, 2.75) is 50.3 Å². The van der Waals surface area contributed by atoms with Crippen molar-refractivity contribution in [2.24, 2.45) is 0 Å². The van der Waals surface area contributed by atoms with Gasteiger partial charge in [-0.3, -0.25) is 0 Å². The third-order valence-corrected chi connectivity index (χ3v) is 4.69. The van der Waals surface area contributed by atoms with E-state index in [1.165, 1.54) is 19.3 Å². The Labute approximate surface area is 123 Å². The number of carbonyl (C=O) groups is 1. The van der Waals surface area contributed by atoms with Crippen LogP contribution < -0.4 is 10.6 Å². The number of urea groups is 1. The molecule has 0 aromatic carbocycles. The van der Waals surface area contributed by atoms with E-state index >= 15 is 0 Å². The Morgan fingerprint density at radius 1 is 1.45 bits per heavy atom. The lowest BCUT2D eigenvalue weighted by atomic mass is 9.95. The molecule has 7 heteroatoms. The van der Waals surface area contributed by atoms with Crippen molar-refractivity contribution in [1.82, 2.24) is 20.8 Å². The third kappa shape index (κ3) is 4.40. The number of hydrogen-bond acceptors (Lipinski definition) is 5. The van der Waals surface area contributed by atoms with E-state index in [1.54, 1.807) is 6.92 Å². The minimum Gasteiger partial charge on any atom is -0.339 e. The summed E-state index contributed by atoms with van der Waals surface area (Å²) in [6.07, 6.45) is 7.39. The molecule has 0 spiro atoms. The summed E-state index contributed by atoms with van der Waals surface area (Å²) in [6.45, 7) is 2.28. The molecule has 2 amide bonds. The van der Waals surface area contributed by atoms with Crippen molar-refractivity contribution < 1.29 is 9.32 Å². The largest absolute Gasteiger partial charge is 0.339 e. The second-order valence-electron chi connectivity index (χ2n) is 5.05. The fourth-order valence-corrected chi connectivity index (χ4v) is 3.42. The summed E-state index contributed by atoms with van der Waals surface area (Å²) < 4.78 is 4.99.